The highest BCUT2D eigenvalue weighted by molar-refractivity contribution is 5.94. The Hall–Kier alpha value is -1.89. The quantitative estimate of drug-likeness (QED) is 0.842. The van der Waals surface area contributed by atoms with Gasteiger partial charge in [-0.05, 0) is 0 Å². The van der Waals surface area contributed by atoms with Crippen molar-refractivity contribution in [2.45, 2.75) is 26.2 Å². The molecule has 1 aromatic heterocycles. The molecule has 0 atom stereocenters. The van der Waals surface area contributed by atoms with Crippen molar-refractivity contribution in [1.82, 2.24) is 10.1 Å². The molecule has 0 aromatic carbocycles. The molecular formula is C13H20N2O5. The highest BCUT2D eigenvalue weighted by atomic mass is 16.5. The van der Waals surface area contributed by atoms with Crippen molar-refractivity contribution < 1.29 is 24.0 Å². The number of ether oxygens (including phenoxy) is 1. The van der Waals surface area contributed by atoms with Crippen LogP contribution in [0.1, 0.15) is 37.0 Å². The molecule has 0 spiro atoms. The Kier molecular flexibility index (Phi) is 5.26. The third kappa shape index (κ3) is 4.34. The molecule has 0 bridgehead atoms. The van der Waals surface area contributed by atoms with Gasteiger partial charge < -0.3 is 19.3 Å². The van der Waals surface area contributed by atoms with Crippen molar-refractivity contribution >= 4 is 11.9 Å². The second-order valence-electron chi connectivity index (χ2n) is 5.44. The lowest BCUT2D eigenvalue weighted by atomic mass is 9.93. The Bertz CT molecular complexity index is 475. The van der Waals surface area contributed by atoms with Gasteiger partial charge in [0.25, 0.3) is 5.91 Å². The Morgan fingerprint density at radius 3 is 2.55 bits per heavy atom. The van der Waals surface area contributed by atoms with Gasteiger partial charge in [-0.2, -0.15) is 0 Å². The Balaban J connectivity index is 2.88. The summed E-state index contributed by atoms with van der Waals surface area (Å²) >= 11 is 0. The highest BCUT2D eigenvalue weighted by Crippen LogP contribution is 2.23. The van der Waals surface area contributed by atoms with Crippen molar-refractivity contribution in [3.63, 3.8) is 0 Å². The fourth-order valence-corrected chi connectivity index (χ4v) is 1.51. The average molecular weight is 284 g/mol. The second-order valence-corrected chi connectivity index (χ2v) is 5.44. The number of hydrogen-bond acceptors (Lipinski definition) is 5. The second kappa shape index (κ2) is 6.51. The zero-order chi connectivity index (χ0) is 15.3. The van der Waals surface area contributed by atoms with Crippen molar-refractivity contribution in [1.29, 1.82) is 0 Å². The summed E-state index contributed by atoms with van der Waals surface area (Å²) in [5.41, 5.74) is -0.164. The van der Waals surface area contributed by atoms with E-state index in [9.17, 15) is 9.59 Å². The van der Waals surface area contributed by atoms with Gasteiger partial charge in [-0.1, -0.05) is 25.9 Å². The number of methoxy groups -OCH3 is 1. The molecule has 20 heavy (non-hydrogen) atoms. The maximum absolute atomic E-state index is 12.2. The lowest BCUT2D eigenvalue weighted by molar-refractivity contribution is -0.137. The number of rotatable bonds is 6. The zero-order valence-corrected chi connectivity index (χ0v) is 12.2. The van der Waals surface area contributed by atoms with Gasteiger partial charge in [-0.25, -0.2) is 0 Å². The van der Waals surface area contributed by atoms with E-state index in [4.69, 9.17) is 14.4 Å². The van der Waals surface area contributed by atoms with Gasteiger partial charge in [-0.15, -0.1) is 0 Å². The molecule has 0 unspecified atom stereocenters. The van der Waals surface area contributed by atoms with Crippen LogP contribution in [0.5, 0.6) is 0 Å². The van der Waals surface area contributed by atoms with Crippen LogP contribution >= 0.6 is 0 Å². The monoisotopic (exact) mass is 284 g/mol. The maximum Gasteiger partial charge on any atom is 0.323 e. The summed E-state index contributed by atoms with van der Waals surface area (Å²) in [7, 11) is 1.48. The predicted octanol–water partition coefficient (Wildman–Crippen LogP) is 1.15. The van der Waals surface area contributed by atoms with Crippen molar-refractivity contribution in [3.05, 3.63) is 17.5 Å². The van der Waals surface area contributed by atoms with Crippen molar-refractivity contribution in [3.8, 4) is 0 Å². The summed E-state index contributed by atoms with van der Waals surface area (Å²) in [6.07, 6.45) is 0. The summed E-state index contributed by atoms with van der Waals surface area (Å²) in [5.74, 6) is -0.999. The molecule has 1 amide bonds. The van der Waals surface area contributed by atoms with Gasteiger partial charge in [0.1, 0.15) is 12.3 Å². The summed E-state index contributed by atoms with van der Waals surface area (Å²) in [5, 5.41) is 12.6. The fraction of sp³-hybridized carbons (Fsp3) is 0.615. The van der Waals surface area contributed by atoms with Crippen LogP contribution in [0.4, 0.5) is 0 Å². The topological polar surface area (TPSA) is 92.9 Å². The Labute approximate surface area is 117 Å². The molecule has 1 aromatic rings. The van der Waals surface area contributed by atoms with Crippen LogP contribution in [0.15, 0.2) is 10.6 Å². The molecule has 0 radical (unpaired) electrons. The molecule has 1 heterocycles. The number of carbonyl (C=O) groups excluding carboxylic acids is 1. The molecule has 0 fully saturated rings. The van der Waals surface area contributed by atoms with Crippen LogP contribution in [0.25, 0.3) is 0 Å². The summed E-state index contributed by atoms with van der Waals surface area (Å²) < 4.78 is 10.0. The number of hydrogen-bond donors (Lipinski definition) is 1. The first-order chi connectivity index (χ1) is 9.25. The van der Waals surface area contributed by atoms with E-state index in [1.165, 1.54) is 7.11 Å². The number of amides is 1. The predicted molar refractivity (Wildman–Crippen MR) is 70.6 cm³/mol. The molecule has 0 aliphatic heterocycles. The van der Waals surface area contributed by atoms with E-state index >= 15 is 0 Å². The van der Waals surface area contributed by atoms with Gasteiger partial charge in [0.15, 0.2) is 5.69 Å². The molecule has 0 saturated heterocycles. The first-order valence-electron chi connectivity index (χ1n) is 6.23. The van der Waals surface area contributed by atoms with E-state index in [0.29, 0.717) is 5.76 Å². The molecular weight excluding hydrogens is 264 g/mol. The van der Waals surface area contributed by atoms with E-state index in [1.807, 2.05) is 20.8 Å². The normalized spacial score (nSPS) is 11.4. The van der Waals surface area contributed by atoms with E-state index < -0.39 is 18.4 Å². The first kappa shape index (κ1) is 16.2. The molecule has 0 aliphatic rings. The van der Waals surface area contributed by atoms with Crippen LogP contribution in [-0.4, -0.2) is 53.8 Å². The van der Waals surface area contributed by atoms with Gasteiger partial charge in [0.05, 0.1) is 6.61 Å². The minimum absolute atomic E-state index is 0.104. The number of nitrogens with zero attached hydrogens (tertiary/aromatic N) is 2. The Morgan fingerprint density at radius 1 is 1.45 bits per heavy atom. The van der Waals surface area contributed by atoms with E-state index in [1.54, 1.807) is 6.07 Å². The fourth-order valence-electron chi connectivity index (χ4n) is 1.51. The third-order valence-electron chi connectivity index (χ3n) is 2.65. The molecule has 7 nitrogen and oxygen atoms in total. The van der Waals surface area contributed by atoms with Crippen LogP contribution in [0, 0.1) is 0 Å². The lowest BCUT2D eigenvalue weighted by Crippen LogP contribution is -2.38. The molecule has 112 valence electrons. The van der Waals surface area contributed by atoms with Crippen molar-refractivity contribution in [2.24, 2.45) is 0 Å². The van der Waals surface area contributed by atoms with Crippen molar-refractivity contribution in [2.75, 3.05) is 26.8 Å². The molecule has 0 aliphatic carbocycles. The smallest absolute Gasteiger partial charge is 0.323 e. The Morgan fingerprint density at radius 2 is 2.10 bits per heavy atom. The van der Waals surface area contributed by atoms with Crippen LogP contribution in [-0.2, 0) is 14.9 Å². The minimum Gasteiger partial charge on any atom is -0.480 e. The van der Waals surface area contributed by atoms with E-state index in [0.717, 1.165) is 4.90 Å². The minimum atomic E-state index is -1.09. The number of aromatic nitrogens is 1. The number of carbonyl (C=O) groups is 2. The third-order valence-corrected chi connectivity index (χ3v) is 2.65. The largest absolute Gasteiger partial charge is 0.480 e. The van der Waals surface area contributed by atoms with Gasteiger partial charge >= 0.3 is 5.97 Å². The van der Waals surface area contributed by atoms with Gasteiger partial charge in [0.2, 0.25) is 0 Å². The summed E-state index contributed by atoms with van der Waals surface area (Å²) in [6, 6.07) is 1.55. The SMILES string of the molecule is COCCN(CC(=O)O)C(=O)c1cc(C(C)(C)C)on1. The summed E-state index contributed by atoms with van der Waals surface area (Å²) in [6.45, 7) is 5.83. The molecule has 7 heteroatoms. The number of aliphatic carboxylic acids is 1. The molecule has 1 rings (SSSR count). The molecule has 0 saturated carbocycles. The average Bonchev–Trinajstić information content (AvgIpc) is 2.82. The van der Waals surface area contributed by atoms with Crippen LogP contribution in [0.2, 0.25) is 0 Å². The standard InChI is InChI=1S/C13H20N2O5/c1-13(2,3)10-7-9(14-20-10)12(18)15(5-6-19-4)8-11(16)17/h7H,5-6,8H2,1-4H3,(H,16,17). The summed E-state index contributed by atoms with van der Waals surface area (Å²) in [4.78, 5) is 24.2. The number of carboxylic acid groups (broad SMARTS) is 1. The van der Waals surface area contributed by atoms with Crippen LogP contribution < -0.4 is 0 Å². The molecule has 1 N–H and O–H groups in total. The van der Waals surface area contributed by atoms with E-state index in [-0.39, 0.29) is 24.3 Å². The zero-order valence-electron chi connectivity index (χ0n) is 12.2. The van der Waals surface area contributed by atoms with E-state index in [2.05, 4.69) is 5.16 Å². The number of carboxylic acids is 1. The maximum atomic E-state index is 12.2. The van der Waals surface area contributed by atoms with Gasteiger partial charge in [0, 0.05) is 25.1 Å². The van der Waals surface area contributed by atoms with Crippen LogP contribution in [0.3, 0.4) is 0 Å². The first-order valence-corrected chi connectivity index (χ1v) is 6.23. The van der Waals surface area contributed by atoms with Gasteiger partial charge in [-0.3, -0.25) is 9.59 Å². The lowest BCUT2D eigenvalue weighted by Gasteiger charge is -2.18. The highest BCUT2D eigenvalue weighted by Gasteiger charge is 2.25.